The summed E-state index contributed by atoms with van der Waals surface area (Å²) in [5.41, 5.74) is 22.8. The number of nitrogens with one attached hydrogen (secondary N) is 15. The van der Waals surface area contributed by atoms with E-state index in [9.17, 15) is 102 Å². The van der Waals surface area contributed by atoms with Crippen LogP contribution in [0.2, 0.25) is 0 Å². The summed E-state index contributed by atoms with van der Waals surface area (Å²) in [6.07, 6.45) is 3.24. The number of carbonyl (C=O) groups is 18. The molecule has 112 heavy (non-hydrogen) atoms. The van der Waals surface area contributed by atoms with Gasteiger partial charge >= 0.3 is 5.97 Å². The number of unbranched alkanes of at least 4 members (excludes halogenated alkanes) is 1. The molecule has 17 amide bonds. The Morgan fingerprint density at radius 2 is 0.964 bits per heavy atom. The molecule has 0 aliphatic carbocycles. The Morgan fingerprint density at radius 3 is 1.44 bits per heavy atom. The maximum atomic E-state index is 14.8. The lowest BCUT2D eigenvalue weighted by molar-refractivity contribution is -0.144. The highest BCUT2D eigenvalue weighted by molar-refractivity contribution is 8.77. The van der Waals surface area contributed by atoms with Gasteiger partial charge in [-0.1, -0.05) is 57.0 Å². The first-order valence-electron chi connectivity index (χ1n) is 35.7. The summed E-state index contributed by atoms with van der Waals surface area (Å²) >= 11 is 0. The van der Waals surface area contributed by atoms with Crippen LogP contribution in [0.5, 0.6) is 0 Å². The highest BCUT2D eigenvalue weighted by atomic mass is 33.1. The van der Waals surface area contributed by atoms with Gasteiger partial charge in [0.05, 0.1) is 32.6 Å². The van der Waals surface area contributed by atoms with Crippen molar-refractivity contribution in [1.29, 1.82) is 0 Å². The van der Waals surface area contributed by atoms with E-state index in [-0.39, 0.29) is 76.2 Å². The summed E-state index contributed by atoms with van der Waals surface area (Å²) in [6.45, 7) is 0.950. The Kier molecular flexibility index (Phi) is 36.5. The zero-order valence-corrected chi connectivity index (χ0v) is 64.6. The van der Waals surface area contributed by atoms with Gasteiger partial charge in [-0.15, -0.1) is 0 Å². The third kappa shape index (κ3) is 27.5. The maximum Gasteiger partial charge on any atom is 0.305 e. The van der Waals surface area contributed by atoms with E-state index in [0.717, 1.165) is 53.0 Å². The summed E-state index contributed by atoms with van der Waals surface area (Å²) in [5.74, 6) is -22.7. The number of aromatic nitrogens is 4. The molecule has 6 heterocycles. The van der Waals surface area contributed by atoms with Crippen LogP contribution in [-0.4, -0.2) is 304 Å². The zero-order chi connectivity index (χ0) is 82.5. The molecular weight excluding hydrogens is 1560 g/mol. The molecule has 15 atom stereocenters. The predicted molar refractivity (Wildman–Crippen MR) is 401 cm³/mol. The van der Waals surface area contributed by atoms with Crippen LogP contribution in [0, 0.1) is 5.92 Å². The van der Waals surface area contributed by atoms with Gasteiger partial charge in [0.15, 0.2) is 0 Å². The van der Waals surface area contributed by atoms with Crippen LogP contribution in [-0.2, 0) is 99.1 Å². The standard InChI is InChI=1S/C64H97N23O21S4/c1-29(2)49-62(106)77-33(21-48(92)93)54(98)78-34(19-45-69-12-13-70-45)63(107)87-17-7-10-43(87)61(105)76-32(18-44(67)90)53(97)75-31(8-4-5-11-65)52(96)82-38(50(68)94)25-109-111-28-41-59(103)80-36(23-88)55(99)79-35(20-46-71-14-15-72-46)64(108)86-16-6-9-42(86)60(104)73-30(3)51(95)83-40(58(102)81-37(24-89)56(100)85-49)27-112-110-26-39(57(101)84-41)74-47(91)22-66/h12-15,29-43,49,88-89H,4-11,16-28,65-66H2,1-3H3,(H2,67,90)(H2,68,94)(H,69,70)(H,71,72)(H,73,104)(H,74,91)(H,75,97)(H,76,105)(H,77,106)(H,78,98)(H,79,99)(H,80,103)(H,81,102)(H,82,96)(H,83,95)(H,84,101)(H,85,100)(H,92,93)/t30-,31-,32-,33-,34-,35-,36-,37-,38-,39-,40-,41-,42-,43-,49-/m0/s1. The first-order valence-corrected chi connectivity index (χ1v) is 40.7. The Morgan fingerprint density at radius 1 is 0.518 bits per heavy atom. The van der Waals surface area contributed by atoms with Gasteiger partial charge in [-0.25, -0.2) is 9.97 Å². The van der Waals surface area contributed by atoms with E-state index >= 15 is 0 Å². The lowest BCUT2D eigenvalue weighted by Crippen LogP contribution is -2.62. The second kappa shape index (κ2) is 45.0. The molecular formula is C64H97N23O21S4. The number of carboxylic acids is 1. The quantitative estimate of drug-likeness (QED) is 0.0487. The topological polar surface area (TPSA) is 692 Å². The van der Waals surface area contributed by atoms with Crippen LogP contribution in [0.1, 0.15) is 90.2 Å². The number of hydrogen-bond donors (Lipinski definition) is 22. The number of fused-ring (bicyclic) bond motifs is 10. The van der Waals surface area contributed by atoms with Crippen molar-refractivity contribution in [3.8, 4) is 0 Å². The molecule has 2 aromatic rings. The minimum absolute atomic E-state index is 0.0342. The smallest absolute Gasteiger partial charge is 0.305 e. The van der Waals surface area contributed by atoms with E-state index in [0.29, 0.717) is 6.42 Å². The molecule has 4 fully saturated rings. The average molecular weight is 1650 g/mol. The number of rotatable bonds is 18. The van der Waals surface area contributed by atoms with Crippen LogP contribution >= 0.6 is 43.2 Å². The lowest BCUT2D eigenvalue weighted by atomic mass is 10.0. The molecule has 6 rings (SSSR count). The molecule has 2 bridgehead atoms. The first kappa shape index (κ1) is 91.0. The number of aliphatic carboxylic acids is 1. The summed E-state index contributed by atoms with van der Waals surface area (Å²) in [4.78, 5) is 270. The Balaban J connectivity index is 1.45. The molecule has 4 aliphatic rings. The monoisotopic (exact) mass is 1650 g/mol. The molecule has 0 aromatic carbocycles. The van der Waals surface area contributed by atoms with Crippen molar-refractivity contribution in [2.45, 2.75) is 182 Å². The molecule has 4 aliphatic heterocycles. The second-order valence-electron chi connectivity index (χ2n) is 26.7. The maximum absolute atomic E-state index is 14.8. The van der Waals surface area contributed by atoms with Crippen molar-refractivity contribution in [1.82, 2.24) is 98.9 Å². The molecule has 4 saturated heterocycles. The molecule has 0 spiro atoms. The first-order chi connectivity index (χ1) is 53.3. The fraction of sp³-hybridized carbons (Fsp3) is 0.625. The number of hydrogen-bond acceptors (Lipinski definition) is 28. The number of aliphatic hydroxyl groups is 2. The van der Waals surface area contributed by atoms with Gasteiger partial charge in [-0.3, -0.25) is 86.3 Å². The molecule has 2 aromatic heterocycles. The third-order valence-corrected chi connectivity index (χ3v) is 22.8. The van der Waals surface area contributed by atoms with Crippen molar-refractivity contribution in [2.75, 3.05) is 62.4 Å². The number of carbonyl (C=O) groups excluding carboxylic acids is 17. The van der Waals surface area contributed by atoms with Crippen LogP contribution in [0.25, 0.3) is 0 Å². The second-order valence-corrected chi connectivity index (χ2v) is 31.8. The van der Waals surface area contributed by atoms with Gasteiger partial charge in [0.25, 0.3) is 0 Å². The molecule has 0 radical (unpaired) electrons. The van der Waals surface area contributed by atoms with Crippen LogP contribution in [0.15, 0.2) is 24.8 Å². The fourth-order valence-electron chi connectivity index (χ4n) is 11.9. The third-order valence-electron chi connectivity index (χ3n) is 17.9. The number of primary amides is 2. The largest absolute Gasteiger partial charge is 0.481 e. The number of nitrogens with zero attached hydrogens (tertiary/aromatic N) is 4. The number of carboxylic acid groups (broad SMARTS) is 1. The van der Waals surface area contributed by atoms with Gasteiger partial charge in [-0.2, -0.15) is 0 Å². The Hall–Kier alpha value is -9.88. The summed E-state index contributed by atoms with van der Waals surface area (Å²) in [7, 11) is 3.13. The molecule has 0 unspecified atom stereocenters. The zero-order valence-electron chi connectivity index (χ0n) is 61.3. The SMILES string of the molecule is CC(C)[C@@H]1NC(=O)[C@H](CO)NC(=O)[C@@H]2CSSC[C@H](NC(=O)CN)C(=O)N[C@@H](CSSC[C@@H](C(N)=O)NC(=O)[C@H](CCCCN)NC(=O)[C@H](CC(N)=O)NC(=O)[C@@H]3CCCN3C(=O)[C@H](Cc3ncc[nH]3)NC(=O)[C@H](CC(=O)O)NC1=O)C(=O)N[C@@H](CO)C(=O)N[C@@H](Cc1ncc[nH]1)C(=O)N1CCC[C@H]1C(=O)N[C@@H](C)C(=O)N2. The van der Waals surface area contributed by atoms with Gasteiger partial charge < -0.3 is 127 Å². The normalized spacial score (nSPS) is 27.9. The molecule has 48 heteroatoms. The number of imidazole rings is 2. The number of aliphatic hydroxyl groups excluding tert-OH is 2. The van der Waals surface area contributed by atoms with Crippen molar-refractivity contribution >= 4 is 150 Å². The van der Waals surface area contributed by atoms with Gasteiger partial charge in [0.2, 0.25) is 100 Å². The van der Waals surface area contributed by atoms with Gasteiger partial charge in [-0.05, 0) is 64.3 Å². The highest BCUT2D eigenvalue weighted by Crippen LogP contribution is 2.27. The van der Waals surface area contributed by atoms with E-state index in [1.54, 1.807) is 0 Å². The minimum atomic E-state index is -2.04. The van der Waals surface area contributed by atoms with E-state index < -0.39 is 265 Å². The fourth-order valence-corrected chi connectivity index (χ4v) is 16.6. The van der Waals surface area contributed by atoms with Crippen molar-refractivity contribution in [3.63, 3.8) is 0 Å². The molecule has 618 valence electrons. The number of H-pyrrole nitrogens is 2. The van der Waals surface area contributed by atoms with Crippen LogP contribution in [0.3, 0.4) is 0 Å². The number of nitrogens with two attached hydrogens (primary N) is 4. The van der Waals surface area contributed by atoms with E-state index in [2.05, 4.69) is 89.1 Å². The van der Waals surface area contributed by atoms with Crippen molar-refractivity contribution < 1.29 is 102 Å². The Labute approximate surface area is 656 Å². The summed E-state index contributed by atoms with van der Waals surface area (Å²) in [6, 6.07) is -25.3. The molecule has 44 nitrogen and oxygen atoms in total. The number of amides is 17. The average Bonchev–Trinajstić information content (AvgIpc) is 1.69. The predicted octanol–water partition coefficient (Wildman–Crippen LogP) is -10.4. The van der Waals surface area contributed by atoms with Crippen LogP contribution < -0.4 is 92.1 Å². The van der Waals surface area contributed by atoms with E-state index in [4.69, 9.17) is 22.9 Å². The summed E-state index contributed by atoms with van der Waals surface area (Å²) in [5, 5.41) is 63.1. The van der Waals surface area contributed by atoms with Crippen molar-refractivity contribution in [2.24, 2.45) is 28.9 Å². The van der Waals surface area contributed by atoms with E-state index in [1.165, 1.54) is 45.6 Å². The van der Waals surface area contributed by atoms with Crippen LogP contribution in [0.4, 0.5) is 0 Å². The summed E-state index contributed by atoms with van der Waals surface area (Å²) < 4.78 is 0. The molecule has 26 N–H and O–H groups in total. The van der Waals surface area contributed by atoms with Crippen molar-refractivity contribution in [3.05, 3.63) is 36.4 Å². The Bertz CT molecular complexity index is 3700. The lowest BCUT2D eigenvalue weighted by Gasteiger charge is -2.31. The van der Waals surface area contributed by atoms with E-state index in [1.807, 2.05) is 0 Å². The van der Waals surface area contributed by atoms with Gasteiger partial charge in [0.1, 0.15) is 102 Å². The van der Waals surface area contributed by atoms with Gasteiger partial charge in [0, 0.05) is 73.7 Å². The number of aromatic amines is 2. The highest BCUT2D eigenvalue weighted by Gasteiger charge is 2.44. The molecule has 0 saturated carbocycles. The minimum Gasteiger partial charge on any atom is -0.481 e.